The van der Waals surface area contributed by atoms with E-state index in [0.717, 1.165) is 12.6 Å². The minimum Gasteiger partial charge on any atom is -0.379 e. The maximum Gasteiger partial charge on any atom is 0.153 e. The highest BCUT2D eigenvalue weighted by Gasteiger charge is 2.31. The van der Waals surface area contributed by atoms with Crippen LogP contribution >= 0.6 is 0 Å². The number of hydrogen-bond acceptors (Lipinski definition) is 3. The van der Waals surface area contributed by atoms with Crippen LogP contribution in [0.5, 0.6) is 0 Å². The topological polar surface area (TPSA) is 49.9 Å². The highest BCUT2D eigenvalue weighted by molar-refractivity contribution is 5.75. The Bertz CT molecular complexity index is 599. The molecule has 1 aliphatic heterocycles. The molecule has 0 aliphatic carbocycles. The first-order chi connectivity index (χ1) is 9.19. The minimum atomic E-state index is -0.642. The molecule has 1 aromatic heterocycles. The van der Waals surface area contributed by atoms with E-state index >= 15 is 0 Å². The van der Waals surface area contributed by atoms with Gasteiger partial charge in [0.15, 0.2) is 5.82 Å². The first-order valence-corrected chi connectivity index (χ1v) is 6.35. The zero-order valence-corrected chi connectivity index (χ0v) is 10.5. The first kappa shape index (κ1) is 12.5. The average Bonchev–Trinajstić information content (AvgIpc) is 2.95. The summed E-state index contributed by atoms with van der Waals surface area (Å²) in [7, 11) is 0. The third kappa shape index (κ3) is 2.21. The number of nitrogens with one attached hydrogen (secondary N) is 2. The molecule has 1 fully saturated rings. The Morgan fingerprint density at radius 2 is 2.26 bits per heavy atom. The van der Waals surface area contributed by atoms with Gasteiger partial charge in [0.25, 0.3) is 0 Å². The van der Waals surface area contributed by atoms with E-state index in [-0.39, 0.29) is 17.5 Å². The molecule has 1 aliphatic rings. The molecule has 4 nitrogen and oxygen atoms in total. The fourth-order valence-electron chi connectivity index (χ4n) is 2.52. The molecule has 0 spiro atoms. The van der Waals surface area contributed by atoms with Gasteiger partial charge in [-0.1, -0.05) is 6.92 Å². The van der Waals surface area contributed by atoms with E-state index in [1.165, 1.54) is 6.07 Å². The van der Waals surface area contributed by atoms with Crippen LogP contribution in [0.1, 0.15) is 18.7 Å². The predicted octanol–water partition coefficient (Wildman–Crippen LogP) is 1.93. The first-order valence-electron chi connectivity index (χ1n) is 6.35. The van der Waals surface area contributed by atoms with E-state index in [4.69, 9.17) is 4.74 Å². The quantitative estimate of drug-likeness (QED) is 0.893. The Hall–Kier alpha value is -1.53. The molecule has 19 heavy (non-hydrogen) atoms. The maximum atomic E-state index is 13.6. The number of fused-ring (bicyclic) bond motifs is 1. The van der Waals surface area contributed by atoms with Gasteiger partial charge in [-0.05, 0) is 12.6 Å². The molecule has 0 amide bonds. The Morgan fingerprint density at radius 3 is 3.05 bits per heavy atom. The number of imidazole rings is 1. The average molecular weight is 267 g/mol. The van der Waals surface area contributed by atoms with Crippen LogP contribution in [0.3, 0.4) is 0 Å². The van der Waals surface area contributed by atoms with E-state index in [9.17, 15) is 8.78 Å². The van der Waals surface area contributed by atoms with Crippen LogP contribution in [0.4, 0.5) is 8.78 Å². The zero-order chi connectivity index (χ0) is 13.4. The molecule has 2 aromatic rings. The summed E-state index contributed by atoms with van der Waals surface area (Å²) < 4.78 is 32.2. The molecule has 1 aromatic carbocycles. The number of ether oxygens (including phenoxy) is 1. The van der Waals surface area contributed by atoms with Crippen LogP contribution in [0.15, 0.2) is 12.1 Å². The van der Waals surface area contributed by atoms with Gasteiger partial charge in [-0.2, -0.15) is 0 Å². The normalized spacial score (nSPS) is 23.3. The van der Waals surface area contributed by atoms with Crippen molar-refractivity contribution in [2.45, 2.75) is 18.9 Å². The van der Waals surface area contributed by atoms with Crippen molar-refractivity contribution in [2.24, 2.45) is 0 Å². The Kier molecular flexibility index (Phi) is 3.20. The van der Waals surface area contributed by atoms with Crippen molar-refractivity contribution in [1.82, 2.24) is 15.3 Å². The van der Waals surface area contributed by atoms with Crippen LogP contribution in [-0.2, 0) is 4.74 Å². The smallest absolute Gasteiger partial charge is 0.153 e. The third-order valence-corrected chi connectivity index (χ3v) is 3.42. The molecule has 0 bridgehead atoms. The third-order valence-electron chi connectivity index (χ3n) is 3.42. The summed E-state index contributed by atoms with van der Waals surface area (Å²) in [5.41, 5.74) is 0.563. The van der Waals surface area contributed by atoms with Crippen LogP contribution in [0.25, 0.3) is 11.0 Å². The number of hydrogen-bond donors (Lipinski definition) is 2. The number of aromatic amines is 1. The Balaban J connectivity index is 1.99. The second-order valence-corrected chi connectivity index (χ2v) is 4.71. The van der Waals surface area contributed by atoms with Gasteiger partial charge in [-0.15, -0.1) is 0 Å². The zero-order valence-electron chi connectivity index (χ0n) is 10.5. The van der Waals surface area contributed by atoms with E-state index in [1.807, 2.05) is 6.92 Å². The summed E-state index contributed by atoms with van der Waals surface area (Å²) in [6, 6.07) is 2.26. The maximum absolute atomic E-state index is 13.6. The predicted molar refractivity (Wildman–Crippen MR) is 67.0 cm³/mol. The summed E-state index contributed by atoms with van der Waals surface area (Å²) in [5, 5.41) is 3.31. The monoisotopic (exact) mass is 267 g/mol. The second-order valence-electron chi connectivity index (χ2n) is 4.71. The molecule has 102 valence electrons. The van der Waals surface area contributed by atoms with Gasteiger partial charge in [0.1, 0.15) is 17.2 Å². The number of benzene rings is 1. The molecule has 1 saturated heterocycles. The van der Waals surface area contributed by atoms with Crippen molar-refractivity contribution in [3.8, 4) is 0 Å². The van der Waals surface area contributed by atoms with Gasteiger partial charge in [0.2, 0.25) is 0 Å². The molecule has 2 heterocycles. The van der Waals surface area contributed by atoms with Crippen molar-refractivity contribution < 1.29 is 13.5 Å². The molecular formula is C13H15F2N3O. The van der Waals surface area contributed by atoms with Crippen molar-refractivity contribution in [3.63, 3.8) is 0 Å². The summed E-state index contributed by atoms with van der Waals surface area (Å²) in [4.78, 5) is 7.25. The van der Waals surface area contributed by atoms with Crippen molar-refractivity contribution in [2.75, 3.05) is 19.8 Å². The fraction of sp³-hybridized carbons (Fsp3) is 0.462. The molecule has 6 heteroatoms. The largest absolute Gasteiger partial charge is 0.379 e. The Labute approximate surface area is 109 Å². The standard InChI is InChI=1S/C13H15F2N3O/c1-2-16-11-6-19-5-8(11)13-17-10-4-7(14)3-9(15)12(10)18-13/h3-4,8,11,16H,2,5-6H2,1H3,(H,17,18). The number of nitrogens with zero attached hydrogens (tertiary/aromatic N) is 1. The van der Waals surface area contributed by atoms with Gasteiger partial charge in [0.05, 0.1) is 24.6 Å². The molecular weight excluding hydrogens is 252 g/mol. The van der Waals surface area contributed by atoms with Crippen molar-refractivity contribution >= 4 is 11.0 Å². The minimum absolute atomic E-state index is 0.0369. The SMILES string of the molecule is CCNC1COCC1c1nc2c(F)cc(F)cc2[nH]1. The van der Waals surface area contributed by atoms with E-state index < -0.39 is 11.6 Å². The van der Waals surface area contributed by atoms with Crippen molar-refractivity contribution in [1.29, 1.82) is 0 Å². The van der Waals surface area contributed by atoms with Crippen LogP contribution in [-0.4, -0.2) is 35.8 Å². The Morgan fingerprint density at radius 1 is 1.42 bits per heavy atom. The van der Waals surface area contributed by atoms with Crippen LogP contribution in [0.2, 0.25) is 0 Å². The number of likely N-dealkylation sites (N-methyl/N-ethyl adjacent to an activating group) is 1. The van der Waals surface area contributed by atoms with Gasteiger partial charge in [0, 0.05) is 12.1 Å². The van der Waals surface area contributed by atoms with Gasteiger partial charge >= 0.3 is 0 Å². The highest BCUT2D eigenvalue weighted by Crippen LogP contribution is 2.27. The lowest BCUT2D eigenvalue weighted by Gasteiger charge is -2.15. The molecule has 2 atom stereocenters. The number of rotatable bonds is 3. The van der Waals surface area contributed by atoms with Gasteiger partial charge < -0.3 is 15.0 Å². The van der Waals surface area contributed by atoms with Crippen molar-refractivity contribution in [3.05, 3.63) is 29.6 Å². The van der Waals surface area contributed by atoms with E-state index in [2.05, 4.69) is 15.3 Å². The van der Waals surface area contributed by atoms with Gasteiger partial charge in [-0.25, -0.2) is 13.8 Å². The lowest BCUT2D eigenvalue weighted by molar-refractivity contribution is 0.187. The van der Waals surface area contributed by atoms with Crippen LogP contribution in [0, 0.1) is 11.6 Å². The second kappa shape index (κ2) is 4.86. The molecule has 3 rings (SSSR count). The molecule has 2 N–H and O–H groups in total. The number of halogens is 2. The lowest BCUT2D eigenvalue weighted by atomic mass is 10.0. The fourth-order valence-corrected chi connectivity index (χ4v) is 2.52. The molecule has 0 radical (unpaired) electrons. The number of aromatic nitrogens is 2. The lowest BCUT2D eigenvalue weighted by Crippen LogP contribution is -2.34. The summed E-state index contributed by atoms with van der Waals surface area (Å²) in [6.07, 6.45) is 0. The molecule has 0 saturated carbocycles. The molecule has 2 unspecified atom stereocenters. The summed E-state index contributed by atoms with van der Waals surface area (Å²) in [6.45, 7) is 3.98. The van der Waals surface area contributed by atoms with Gasteiger partial charge in [-0.3, -0.25) is 0 Å². The van der Waals surface area contributed by atoms with E-state index in [0.29, 0.717) is 24.6 Å². The number of H-pyrrole nitrogens is 1. The van der Waals surface area contributed by atoms with Crippen LogP contribution < -0.4 is 5.32 Å². The van der Waals surface area contributed by atoms with E-state index in [1.54, 1.807) is 0 Å². The summed E-state index contributed by atoms with van der Waals surface area (Å²) in [5.74, 6) is -0.569. The summed E-state index contributed by atoms with van der Waals surface area (Å²) >= 11 is 0. The highest BCUT2D eigenvalue weighted by atomic mass is 19.1.